The van der Waals surface area contributed by atoms with Crippen molar-refractivity contribution in [2.24, 2.45) is 0 Å². The number of nitrogens with zero attached hydrogens (tertiary/aromatic N) is 1. The third kappa shape index (κ3) is 2.37. The van der Waals surface area contributed by atoms with Crippen LogP contribution in [-0.4, -0.2) is 5.91 Å². The molecule has 11 heavy (non-hydrogen) atoms. The van der Waals surface area contributed by atoms with E-state index in [4.69, 9.17) is 0 Å². The fraction of sp³-hybridized carbons (Fsp3) is 0.125. The first-order valence-corrected chi connectivity index (χ1v) is 3.28. The Morgan fingerprint density at radius 3 is 3.00 bits per heavy atom. The second kappa shape index (κ2) is 3.14. The van der Waals surface area contributed by atoms with Crippen LogP contribution in [0.3, 0.4) is 0 Å². The van der Waals surface area contributed by atoms with Crippen LogP contribution in [0.25, 0.3) is 0 Å². The van der Waals surface area contributed by atoms with Gasteiger partial charge in [-0.05, 0) is 6.07 Å². The quantitative estimate of drug-likeness (QED) is 0.583. The molecule has 1 amide bonds. The highest BCUT2D eigenvalue weighted by Crippen LogP contribution is 1.99. The highest BCUT2D eigenvalue weighted by molar-refractivity contribution is 5.88. The molecule has 0 aromatic carbocycles. The molecule has 0 fully saturated rings. The average Bonchev–Trinajstić information content (AvgIpc) is 1.85. The van der Waals surface area contributed by atoms with E-state index in [1.165, 1.54) is 6.92 Å². The van der Waals surface area contributed by atoms with Gasteiger partial charge < -0.3 is 5.32 Å². The van der Waals surface area contributed by atoms with E-state index in [9.17, 15) is 4.79 Å². The van der Waals surface area contributed by atoms with Crippen LogP contribution in [-0.2, 0) is 4.79 Å². The zero-order chi connectivity index (χ0) is 8.27. The number of carbonyl (C=O) groups is 1. The molecule has 1 heterocycles. The van der Waals surface area contributed by atoms with Crippen LogP contribution in [0.15, 0.2) is 24.5 Å². The molecule has 0 aliphatic carbocycles. The van der Waals surface area contributed by atoms with Crippen molar-refractivity contribution in [1.82, 2.24) is 0 Å². The van der Waals surface area contributed by atoms with Gasteiger partial charge in [0.05, 0.1) is 0 Å². The van der Waals surface area contributed by atoms with Gasteiger partial charge in [-0.15, -0.1) is 0 Å². The van der Waals surface area contributed by atoms with E-state index in [-0.39, 0.29) is 5.91 Å². The SMILES string of the molecule is [CH2][n+]1cccc(NC(C)=O)c1. The molecule has 3 heteroatoms. The van der Waals surface area contributed by atoms with E-state index in [0.29, 0.717) is 0 Å². The molecule has 3 nitrogen and oxygen atoms in total. The molecule has 0 aliphatic heterocycles. The molecule has 0 aliphatic rings. The van der Waals surface area contributed by atoms with Gasteiger partial charge in [0.15, 0.2) is 12.4 Å². The Labute approximate surface area is 65.7 Å². The number of anilines is 1. The van der Waals surface area contributed by atoms with Crippen molar-refractivity contribution in [3.8, 4) is 0 Å². The number of amides is 1. The molecule has 1 radical (unpaired) electrons. The number of hydrogen-bond donors (Lipinski definition) is 1. The summed E-state index contributed by atoms with van der Waals surface area (Å²) < 4.78 is 1.63. The topological polar surface area (TPSA) is 33.0 Å². The van der Waals surface area contributed by atoms with E-state index >= 15 is 0 Å². The number of hydrogen-bond acceptors (Lipinski definition) is 1. The summed E-state index contributed by atoms with van der Waals surface area (Å²) in [6.07, 6.45) is 3.53. The van der Waals surface area contributed by atoms with Crippen molar-refractivity contribution in [1.29, 1.82) is 0 Å². The molecular formula is C8H10N2O+. The standard InChI is InChI=1S/C8H10N2O/c1-7(11)9-8-4-3-5-10(2)6-8/h3-6H,2H2,1H3,(H,9,11)/q+1. The average molecular weight is 150 g/mol. The lowest BCUT2D eigenvalue weighted by Gasteiger charge is -1.97. The smallest absolute Gasteiger partial charge is 0.221 e. The monoisotopic (exact) mass is 150 g/mol. The van der Waals surface area contributed by atoms with Gasteiger partial charge in [0, 0.05) is 13.0 Å². The molecule has 0 spiro atoms. The van der Waals surface area contributed by atoms with Crippen LogP contribution in [0.2, 0.25) is 0 Å². The van der Waals surface area contributed by atoms with Crippen molar-refractivity contribution in [2.45, 2.75) is 6.92 Å². The molecule has 1 N–H and O–H groups in total. The van der Waals surface area contributed by atoms with Gasteiger partial charge in [0.1, 0.15) is 5.69 Å². The van der Waals surface area contributed by atoms with E-state index < -0.39 is 0 Å². The summed E-state index contributed by atoms with van der Waals surface area (Å²) in [7, 11) is 3.65. The van der Waals surface area contributed by atoms with Gasteiger partial charge in [-0.25, -0.2) is 0 Å². The minimum atomic E-state index is -0.0730. The molecule has 0 saturated carbocycles. The molecule has 0 atom stereocenters. The summed E-state index contributed by atoms with van der Waals surface area (Å²) in [5.74, 6) is -0.0730. The fourth-order valence-corrected chi connectivity index (χ4v) is 0.799. The normalized spacial score (nSPS) is 9.27. The molecule has 0 bridgehead atoms. The van der Waals surface area contributed by atoms with Gasteiger partial charge in [-0.1, -0.05) is 0 Å². The number of rotatable bonds is 1. The molecule has 1 aromatic heterocycles. The number of carbonyl (C=O) groups excluding carboxylic acids is 1. The summed E-state index contributed by atoms with van der Waals surface area (Å²) in [6.45, 7) is 1.47. The van der Waals surface area contributed by atoms with E-state index in [1.807, 2.05) is 12.1 Å². The van der Waals surface area contributed by atoms with Gasteiger partial charge in [-0.2, -0.15) is 4.57 Å². The number of pyridine rings is 1. The minimum absolute atomic E-state index is 0.0730. The maximum atomic E-state index is 10.6. The van der Waals surface area contributed by atoms with Crippen LogP contribution < -0.4 is 9.88 Å². The Bertz CT molecular complexity index is 271. The van der Waals surface area contributed by atoms with Crippen LogP contribution in [0.1, 0.15) is 6.92 Å². The largest absolute Gasteiger partial charge is 0.321 e. The van der Waals surface area contributed by atoms with Gasteiger partial charge in [0.25, 0.3) is 0 Å². The van der Waals surface area contributed by atoms with Gasteiger partial charge in [0.2, 0.25) is 13.0 Å². The Morgan fingerprint density at radius 1 is 1.73 bits per heavy atom. The van der Waals surface area contributed by atoms with Gasteiger partial charge >= 0.3 is 0 Å². The lowest BCUT2D eigenvalue weighted by Crippen LogP contribution is -2.24. The zero-order valence-corrected chi connectivity index (χ0v) is 6.37. The lowest BCUT2D eigenvalue weighted by molar-refractivity contribution is -0.611. The van der Waals surface area contributed by atoms with E-state index in [0.717, 1.165) is 5.69 Å². The zero-order valence-electron chi connectivity index (χ0n) is 6.37. The van der Waals surface area contributed by atoms with Crippen molar-refractivity contribution in [3.05, 3.63) is 31.6 Å². The second-order valence-electron chi connectivity index (χ2n) is 2.29. The van der Waals surface area contributed by atoms with Crippen LogP contribution >= 0.6 is 0 Å². The van der Waals surface area contributed by atoms with Crippen molar-refractivity contribution in [2.75, 3.05) is 5.32 Å². The summed E-state index contributed by atoms with van der Waals surface area (Å²) in [5.41, 5.74) is 0.759. The maximum absolute atomic E-state index is 10.6. The third-order valence-corrected chi connectivity index (χ3v) is 1.18. The van der Waals surface area contributed by atoms with Crippen molar-refractivity contribution < 1.29 is 9.36 Å². The van der Waals surface area contributed by atoms with Gasteiger partial charge in [-0.3, -0.25) is 4.79 Å². The summed E-state index contributed by atoms with van der Waals surface area (Å²) in [5, 5.41) is 2.65. The van der Waals surface area contributed by atoms with Crippen molar-refractivity contribution in [3.63, 3.8) is 0 Å². The predicted molar refractivity (Wildman–Crippen MR) is 41.7 cm³/mol. The predicted octanol–water partition coefficient (Wildman–Crippen LogP) is 0.572. The Balaban J connectivity index is 2.79. The Hall–Kier alpha value is -1.38. The maximum Gasteiger partial charge on any atom is 0.221 e. The number of nitrogens with one attached hydrogen (secondary N) is 1. The van der Waals surface area contributed by atoms with Crippen molar-refractivity contribution >= 4 is 11.6 Å². The van der Waals surface area contributed by atoms with E-state index in [1.54, 1.807) is 17.0 Å². The highest BCUT2D eigenvalue weighted by Gasteiger charge is 1.98. The molecule has 0 unspecified atom stereocenters. The van der Waals surface area contributed by atoms with E-state index in [2.05, 4.69) is 12.4 Å². The molecule has 0 saturated heterocycles. The van der Waals surface area contributed by atoms with Crippen LogP contribution in [0.5, 0.6) is 0 Å². The first-order valence-electron chi connectivity index (χ1n) is 3.28. The summed E-state index contributed by atoms with van der Waals surface area (Å²) >= 11 is 0. The molecule has 57 valence electrons. The summed E-state index contributed by atoms with van der Waals surface area (Å²) in [4.78, 5) is 10.6. The highest BCUT2D eigenvalue weighted by atomic mass is 16.1. The second-order valence-corrected chi connectivity index (χ2v) is 2.29. The molecular weight excluding hydrogens is 140 g/mol. The first kappa shape index (κ1) is 7.72. The molecule has 1 aromatic rings. The third-order valence-electron chi connectivity index (χ3n) is 1.18. The fourth-order valence-electron chi connectivity index (χ4n) is 0.799. The lowest BCUT2D eigenvalue weighted by atomic mass is 10.4. The molecule has 1 rings (SSSR count). The number of aromatic nitrogens is 1. The van der Waals surface area contributed by atoms with Crippen LogP contribution in [0.4, 0.5) is 5.69 Å². The summed E-state index contributed by atoms with van der Waals surface area (Å²) in [6, 6.07) is 3.63. The van der Waals surface area contributed by atoms with Crippen LogP contribution in [0, 0.1) is 7.05 Å². The minimum Gasteiger partial charge on any atom is -0.321 e. The Morgan fingerprint density at radius 2 is 2.45 bits per heavy atom. The first-order chi connectivity index (χ1) is 5.18. The Kier molecular flexibility index (Phi) is 2.21.